The lowest BCUT2D eigenvalue weighted by molar-refractivity contribution is -0.164. The molecular formula is C13H23NO2. The first-order valence-electron chi connectivity index (χ1n) is 6.47. The van der Waals surface area contributed by atoms with E-state index < -0.39 is 11.5 Å². The number of carboxylic acids is 1. The van der Waals surface area contributed by atoms with Gasteiger partial charge in [0.15, 0.2) is 0 Å². The highest BCUT2D eigenvalue weighted by atomic mass is 16.4. The zero-order valence-electron chi connectivity index (χ0n) is 10.6. The molecule has 2 fully saturated rings. The van der Waals surface area contributed by atoms with Crippen LogP contribution in [0.2, 0.25) is 0 Å². The molecule has 1 aliphatic heterocycles. The molecule has 0 aromatic carbocycles. The van der Waals surface area contributed by atoms with E-state index in [9.17, 15) is 9.90 Å². The molecule has 2 rings (SSSR count). The number of carbonyl (C=O) groups is 1. The van der Waals surface area contributed by atoms with Crippen molar-refractivity contribution in [3.63, 3.8) is 0 Å². The molecule has 0 spiro atoms. The Bertz CT molecular complexity index is 286. The summed E-state index contributed by atoms with van der Waals surface area (Å²) in [5, 5.41) is 9.45. The number of hydrogen-bond acceptors (Lipinski definition) is 2. The Kier molecular flexibility index (Phi) is 2.77. The van der Waals surface area contributed by atoms with Gasteiger partial charge in [0.2, 0.25) is 0 Å². The third kappa shape index (κ3) is 1.56. The lowest BCUT2D eigenvalue weighted by Crippen LogP contribution is -2.67. The van der Waals surface area contributed by atoms with Crippen molar-refractivity contribution in [1.82, 2.24) is 4.90 Å². The van der Waals surface area contributed by atoms with Crippen molar-refractivity contribution < 1.29 is 9.90 Å². The molecule has 0 aromatic heterocycles. The fourth-order valence-corrected chi connectivity index (χ4v) is 3.00. The lowest BCUT2D eigenvalue weighted by atomic mass is 9.72. The average Bonchev–Trinajstić information content (AvgIpc) is 3.00. The Hall–Kier alpha value is -0.570. The van der Waals surface area contributed by atoms with Crippen molar-refractivity contribution in [2.45, 2.75) is 52.0 Å². The monoisotopic (exact) mass is 225 g/mol. The molecule has 1 N–H and O–H groups in total. The van der Waals surface area contributed by atoms with E-state index in [4.69, 9.17) is 0 Å². The normalized spacial score (nSPS) is 28.2. The fourth-order valence-electron chi connectivity index (χ4n) is 3.00. The van der Waals surface area contributed by atoms with Gasteiger partial charge in [-0.15, -0.1) is 0 Å². The largest absolute Gasteiger partial charge is 0.480 e. The topological polar surface area (TPSA) is 40.5 Å². The van der Waals surface area contributed by atoms with Gasteiger partial charge in [-0.1, -0.05) is 13.8 Å². The van der Waals surface area contributed by atoms with Crippen LogP contribution in [0.5, 0.6) is 0 Å². The van der Waals surface area contributed by atoms with Crippen molar-refractivity contribution in [2.75, 3.05) is 13.1 Å². The van der Waals surface area contributed by atoms with Crippen LogP contribution in [-0.2, 0) is 4.79 Å². The first-order chi connectivity index (χ1) is 7.48. The summed E-state index contributed by atoms with van der Waals surface area (Å²) in [5.41, 5.74) is -0.195. The van der Waals surface area contributed by atoms with E-state index in [1.165, 1.54) is 12.8 Å². The van der Waals surface area contributed by atoms with Crippen LogP contribution in [0.25, 0.3) is 0 Å². The third-order valence-corrected chi connectivity index (χ3v) is 5.01. The minimum absolute atomic E-state index is 0.386. The summed E-state index contributed by atoms with van der Waals surface area (Å²) in [6, 6.07) is 0. The summed E-state index contributed by atoms with van der Waals surface area (Å²) in [6.07, 6.45) is 4.51. The Balaban J connectivity index is 2.06. The van der Waals surface area contributed by atoms with E-state index in [2.05, 4.69) is 18.7 Å². The summed E-state index contributed by atoms with van der Waals surface area (Å²) in [5.74, 6) is -0.243. The highest BCUT2D eigenvalue weighted by molar-refractivity contribution is 5.79. The minimum Gasteiger partial charge on any atom is -0.480 e. The van der Waals surface area contributed by atoms with Gasteiger partial charge in [0.1, 0.15) is 5.54 Å². The van der Waals surface area contributed by atoms with Crippen molar-refractivity contribution in [3.8, 4) is 0 Å². The zero-order chi connectivity index (χ0) is 12.0. The molecule has 0 bridgehead atoms. The van der Waals surface area contributed by atoms with Gasteiger partial charge in [-0.2, -0.15) is 0 Å². The Morgan fingerprint density at radius 1 is 1.38 bits per heavy atom. The van der Waals surface area contributed by atoms with Gasteiger partial charge in [0.05, 0.1) is 0 Å². The van der Waals surface area contributed by atoms with E-state index >= 15 is 0 Å². The van der Waals surface area contributed by atoms with Gasteiger partial charge in [-0.05, 0) is 43.9 Å². The summed E-state index contributed by atoms with van der Waals surface area (Å²) in [7, 11) is 0. The maximum Gasteiger partial charge on any atom is 0.324 e. The molecule has 3 heteroatoms. The smallest absolute Gasteiger partial charge is 0.324 e. The predicted octanol–water partition coefficient (Wildman–Crippen LogP) is 2.36. The first-order valence-corrected chi connectivity index (χ1v) is 6.47. The van der Waals surface area contributed by atoms with Crippen LogP contribution in [0.1, 0.15) is 46.5 Å². The summed E-state index contributed by atoms with van der Waals surface area (Å²) < 4.78 is 0. The molecule has 2 aliphatic rings. The quantitative estimate of drug-likeness (QED) is 0.781. The van der Waals surface area contributed by atoms with Gasteiger partial charge >= 0.3 is 5.97 Å². The molecule has 3 nitrogen and oxygen atoms in total. The number of carboxylic acid groups (broad SMARTS) is 1. The number of hydrogen-bond donors (Lipinski definition) is 1. The number of aliphatic carboxylic acids is 1. The second-order valence-electron chi connectivity index (χ2n) is 5.79. The summed E-state index contributed by atoms with van der Waals surface area (Å²) in [4.78, 5) is 13.7. The van der Waals surface area contributed by atoms with Crippen LogP contribution in [0.3, 0.4) is 0 Å². The van der Waals surface area contributed by atoms with Gasteiger partial charge in [0, 0.05) is 13.1 Å². The summed E-state index contributed by atoms with van der Waals surface area (Å²) >= 11 is 0. The Morgan fingerprint density at radius 3 is 2.19 bits per heavy atom. The maximum atomic E-state index is 11.5. The van der Waals surface area contributed by atoms with E-state index in [0.29, 0.717) is 11.3 Å². The molecule has 1 heterocycles. The molecule has 0 aromatic rings. The standard InChI is InChI=1S/C13H23NO2/c1-4-13(5-2)8-14(9-13)12(3,11(15)16)10-6-7-10/h10H,4-9H2,1-3H3,(H,15,16). The van der Waals surface area contributed by atoms with E-state index in [1.807, 2.05) is 6.92 Å². The minimum atomic E-state index is -0.629. The third-order valence-electron chi connectivity index (χ3n) is 5.01. The van der Waals surface area contributed by atoms with Gasteiger partial charge in [-0.3, -0.25) is 9.69 Å². The SMILES string of the molecule is CCC1(CC)CN(C(C)(C(=O)O)C2CC2)C1. The molecule has 92 valence electrons. The average molecular weight is 225 g/mol. The highest BCUT2D eigenvalue weighted by Crippen LogP contribution is 2.49. The Labute approximate surface area is 97.8 Å². The van der Waals surface area contributed by atoms with Crippen LogP contribution >= 0.6 is 0 Å². The molecule has 1 unspecified atom stereocenters. The van der Waals surface area contributed by atoms with Crippen LogP contribution in [-0.4, -0.2) is 34.6 Å². The zero-order valence-corrected chi connectivity index (χ0v) is 10.6. The molecule has 0 radical (unpaired) electrons. The van der Waals surface area contributed by atoms with Crippen molar-refractivity contribution in [2.24, 2.45) is 11.3 Å². The summed E-state index contributed by atoms with van der Waals surface area (Å²) in [6.45, 7) is 8.30. The molecule has 1 atom stereocenters. The van der Waals surface area contributed by atoms with Gasteiger partial charge in [0.25, 0.3) is 0 Å². The van der Waals surface area contributed by atoms with E-state index in [1.54, 1.807) is 0 Å². The lowest BCUT2D eigenvalue weighted by Gasteiger charge is -2.56. The number of likely N-dealkylation sites (tertiary alicyclic amines) is 1. The predicted molar refractivity (Wildman–Crippen MR) is 63.4 cm³/mol. The highest BCUT2D eigenvalue weighted by Gasteiger charge is 2.57. The molecule has 16 heavy (non-hydrogen) atoms. The van der Waals surface area contributed by atoms with Crippen LogP contribution in [0, 0.1) is 11.3 Å². The second-order valence-corrected chi connectivity index (χ2v) is 5.79. The fraction of sp³-hybridized carbons (Fsp3) is 0.923. The van der Waals surface area contributed by atoms with Gasteiger partial charge < -0.3 is 5.11 Å². The molecule has 1 saturated heterocycles. The first kappa shape index (κ1) is 11.9. The van der Waals surface area contributed by atoms with Crippen molar-refractivity contribution >= 4 is 5.97 Å². The molecular weight excluding hydrogens is 202 g/mol. The number of rotatable bonds is 5. The molecule has 0 amide bonds. The second kappa shape index (κ2) is 3.73. The van der Waals surface area contributed by atoms with Crippen LogP contribution < -0.4 is 0 Å². The van der Waals surface area contributed by atoms with Crippen molar-refractivity contribution in [3.05, 3.63) is 0 Å². The maximum absolute atomic E-state index is 11.5. The van der Waals surface area contributed by atoms with E-state index in [0.717, 1.165) is 25.9 Å². The van der Waals surface area contributed by atoms with Gasteiger partial charge in [-0.25, -0.2) is 0 Å². The molecule has 1 aliphatic carbocycles. The molecule has 1 saturated carbocycles. The van der Waals surface area contributed by atoms with E-state index in [-0.39, 0.29) is 0 Å². The van der Waals surface area contributed by atoms with Crippen LogP contribution in [0.4, 0.5) is 0 Å². The Morgan fingerprint density at radius 2 is 1.88 bits per heavy atom. The van der Waals surface area contributed by atoms with Crippen LogP contribution in [0.15, 0.2) is 0 Å². The van der Waals surface area contributed by atoms with Crippen molar-refractivity contribution in [1.29, 1.82) is 0 Å². The number of nitrogens with zero attached hydrogens (tertiary/aromatic N) is 1.